The molecule has 16 aromatic rings. The lowest BCUT2D eigenvalue weighted by Crippen LogP contribution is -2.39. The summed E-state index contributed by atoms with van der Waals surface area (Å²) in [4.78, 5) is 95.2. The van der Waals surface area contributed by atoms with Crippen LogP contribution in [0.4, 0.5) is 17.3 Å². The van der Waals surface area contributed by atoms with Crippen molar-refractivity contribution in [3.63, 3.8) is 0 Å². The predicted molar refractivity (Wildman–Crippen MR) is 525 cm³/mol. The van der Waals surface area contributed by atoms with Crippen molar-refractivity contribution >= 4 is 75.8 Å². The van der Waals surface area contributed by atoms with Gasteiger partial charge in [0.2, 0.25) is 98.6 Å². The number of aryl methyl sites for hydroxylation is 8. The maximum Gasteiger partial charge on any atom is 0.227 e. The Morgan fingerprint density at radius 1 is 0.160 bits per heavy atom. The first kappa shape index (κ1) is 118. The van der Waals surface area contributed by atoms with Crippen LogP contribution in [0.3, 0.4) is 0 Å². The molecule has 24 nitrogen and oxygen atoms in total. The lowest BCUT2D eigenvalue weighted by Gasteiger charge is -2.09. The molecular weight excluding hydrogens is 1830 g/mol. The maximum absolute atomic E-state index is 11.9. The number of pyridine rings is 8. The molecule has 144 heavy (non-hydrogen) atoms. The number of Topliss-reactive ketones (excluding diaryl/α,β-unsaturated/α-hetero) is 8. The maximum atomic E-state index is 11.9. The number of nitrogens with zero attached hydrogens (tertiary/aromatic N) is 8. The van der Waals surface area contributed by atoms with Gasteiger partial charge in [-0.3, -0.25) is 38.4 Å². The van der Waals surface area contributed by atoms with Gasteiger partial charge in [0.15, 0.2) is 99.1 Å². The van der Waals surface area contributed by atoms with Gasteiger partial charge >= 0.3 is 0 Å². The summed E-state index contributed by atoms with van der Waals surface area (Å²) in [5, 5.41) is 66.4. The minimum atomic E-state index is -3.17. The first-order valence-electron chi connectivity index (χ1n) is 45.1. The minimum Gasteiger partial charge on any atom is -0.867 e. The van der Waals surface area contributed by atoms with Gasteiger partial charge in [-0.15, -0.1) is 0 Å². The molecule has 0 aliphatic heterocycles. The molecule has 0 aliphatic rings. The smallest absolute Gasteiger partial charge is 0.227 e. The molecule has 8 heterocycles. The Labute approximate surface area is 839 Å². The molecule has 0 N–H and O–H groups in total. The molecular formula is C112H112B4F4N8O16. The molecule has 16 rings (SSSR count). The van der Waals surface area contributed by atoms with Gasteiger partial charge in [0.25, 0.3) is 0 Å². The highest BCUT2D eigenvalue weighted by atomic mass is 19.1. The van der Waals surface area contributed by atoms with Crippen LogP contribution in [0.1, 0.15) is 127 Å². The van der Waals surface area contributed by atoms with Crippen molar-refractivity contribution in [1.82, 2.24) is 0 Å². The Kier molecular flexibility index (Phi) is 56.1. The predicted octanol–water partition coefficient (Wildman–Crippen LogP) is 7.97. The Hall–Kier alpha value is -16.0. The van der Waals surface area contributed by atoms with E-state index in [1.165, 1.54) is 44.5 Å². The van der Waals surface area contributed by atoms with Crippen molar-refractivity contribution in [2.24, 2.45) is 0 Å². The molecule has 0 radical (unpaired) electrons. The topological polar surface area (TPSA) is 352 Å². The largest absolute Gasteiger partial charge is 0.867 e. The Balaban J connectivity index is 0.000000283. The fourth-order valence-corrected chi connectivity index (χ4v) is 12.3. The molecule has 0 bridgehead atoms. The van der Waals surface area contributed by atoms with Crippen LogP contribution in [-0.4, -0.2) is 75.8 Å². The molecule has 0 spiro atoms. The van der Waals surface area contributed by atoms with Crippen LogP contribution in [0, 0.1) is 55.4 Å². The number of rotatable bonds is 24. The second-order valence-corrected chi connectivity index (χ2v) is 31.8. The van der Waals surface area contributed by atoms with Gasteiger partial charge in [-0.2, -0.15) is 36.5 Å². The average Bonchev–Trinajstić information content (AvgIpc) is 0.909. The van der Waals surface area contributed by atoms with Crippen molar-refractivity contribution in [3.05, 3.63) is 528 Å². The number of carbonyl (C=O) groups is 8. The average molecular weight is 1950 g/mol. The van der Waals surface area contributed by atoms with Crippen LogP contribution in [0.5, 0.6) is 0 Å². The van der Waals surface area contributed by atoms with Crippen molar-refractivity contribution in [3.8, 4) is 0 Å². The number of benzene rings is 8. The lowest BCUT2D eigenvalue weighted by atomic mass is 10.1. The van der Waals surface area contributed by atoms with E-state index in [9.17, 15) is 55.6 Å². The van der Waals surface area contributed by atoms with Crippen LogP contribution in [-0.2, 0) is 52.4 Å². The van der Waals surface area contributed by atoms with Crippen molar-refractivity contribution in [1.29, 1.82) is 0 Å². The van der Waals surface area contributed by atoms with Crippen LogP contribution in [0.25, 0.3) is 0 Å². The fraction of sp³-hybridized carbons (Fsp3) is 0.143. The molecule has 0 saturated heterocycles. The van der Waals surface area contributed by atoms with E-state index in [4.69, 9.17) is 40.2 Å². The van der Waals surface area contributed by atoms with E-state index < -0.39 is 29.6 Å². The van der Waals surface area contributed by atoms with E-state index >= 15 is 0 Å². The Morgan fingerprint density at radius 2 is 0.229 bits per heavy atom. The van der Waals surface area contributed by atoms with Crippen molar-refractivity contribution < 1.29 is 132 Å². The minimum absolute atomic E-state index is 0.135. The second kappa shape index (κ2) is 68.1. The zero-order valence-corrected chi connectivity index (χ0v) is 81.2. The fourth-order valence-electron chi connectivity index (χ4n) is 12.3. The molecule has 0 unspecified atom stereocenters. The van der Waals surface area contributed by atoms with E-state index in [1.807, 2.05) is 531 Å². The number of ketones is 8. The van der Waals surface area contributed by atoms with Crippen LogP contribution in [0.2, 0.25) is 0 Å². The molecule has 8 aromatic heterocycles. The molecule has 0 fully saturated rings. The zero-order chi connectivity index (χ0) is 105. The second-order valence-electron chi connectivity index (χ2n) is 31.8. The molecule has 0 atom stereocenters. The van der Waals surface area contributed by atoms with Gasteiger partial charge in [-0.25, -0.2) is 0 Å². The number of aromatic nitrogens is 8. The first-order valence-corrected chi connectivity index (χ1v) is 45.1. The summed E-state index contributed by atoms with van der Waals surface area (Å²) >= 11 is 0. The highest BCUT2D eigenvalue weighted by Crippen LogP contribution is 2.12. The third-order valence-electron chi connectivity index (χ3n) is 19.8. The summed E-state index contributed by atoms with van der Waals surface area (Å²) < 4.78 is 54.6. The third kappa shape index (κ3) is 53.4. The summed E-state index contributed by atoms with van der Waals surface area (Å²) in [6.45, 7) is 19.3. The summed E-state index contributed by atoms with van der Waals surface area (Å²) in [5.41, 5.74) is 15.5. The quantitative estimate of drug-likeness (QED) is 0.0239. The SMILES string of the molecule is Cc1ccc(C(=O)C[n+]2ccccc2)cc1.Cc1ccc(C(=O)C[n+]2ccccc2)cc1.Cc1ccc(C(=O)C[n+]2ccccc2)cc1.Cc1ccc(C(=O)C[n+]2ccccc2)cc1.Cc1ccc(C(=O)C[n+]2ccccc2)cc1.Cc1ccc(C(=O)C[n+]2ccccc2)cc1.Cc1ccc(C(=O)C[n+]2ccccc2)cc1.Cc1ccc(C(=O)C[n+]2ccccc2)cc1.[O-]B([O-])F.[O-]B([O-])F.[O-]B([O-])F.[O-]B([O-])F. The highest BCUT2D eigenvalue weighted by Gasteiger charge is 2.19. The van der Waals surface area contributed by atoms with Crippen LogP contribution in [0.15, 0.2) is 439 Å². The van der Waals surface area contributed by atoms with Gasteiger partial charge in [-0.05, 0) is 55.4 Å². The normalized spacial score (nSPS) is 9.69. The molecule has 736 valence electrons. The summed E-state index contributed by atoms with van der Waals surface area (Å²) in [7, 11) is -12.7. The standard InChI is InChI=1S/8C14H14NO.4BFO2/c8*1-12-5-7-13(8-6-12)14(16)11-15-9-3-2-4-10-15;4*2-1(3)4/h8*2-10H,11H2,1H3;;;;/q8*+1;4*-2. The van der Waals surface area contributed by atoms with Gasteiger partial charge in [0.05, 0.1) is 0 Å². The lowest BCUT2D eigenvalue weighted by molar-refractivity contribution is -0.683. The number of hydrogen-bond donors (Lipinski definition) is 0. The molecule has 0 amide bonds. The molecule has 8 aromatic carbocycles. The summed E-state index contributed by atoms with van der Waals surface area (Å²) in [5.74, 6) is 1.08. The third-order valence-corrected chi connectivity index (χ3v) is 19.8. The van der Waals surface area contributed by atoms with Gasteiger partial charge < -0.3 is 57.5 Å². The Morgan fingerprint density at radius 3 is 0.299 bits per heavy atom. The van der Waals surface area contributed by atoms with Crippen LogP contribution >= 0.6 is 0 Å². The van der Waals surface area contributed by atoms with Gasteiger partial charge in [0, 0.05) is 142 Å². The van der Waals surface area contributed by atoms with E-state index in [0.29, 0.717) is 52.4 Å². The highest BCUT2D eigenvalue weighted by molar-refractivity contribution is 6.28. The number of halogens is 4. The Bertz CT molecular complexity index is 5210. The van der Waals surface area contributed by atoms with E-state index in [2.05, 4.69) is 0 Å². The monoisotopic (exact) mass is 1940 g/mol. The van der Waals surface area contributed by atoms with E-state index in [0.717, 1.165) is 44.5 Å². The van der Waals surface area contributed by atoms with Gasteiger partial charge in [0.1, 0.15) is 29.6 Å². The van der Waals surface area contributed by atoms with Crippen LogP contribution < -0.4 is 76.7 Å². The first-order chi connectivity index (χ1) is 69.0. The molecule has 0 saturated carbocycles. The van der Waals surface area contributed by atoms with Crippen molar-refractivity contribution in [2.75, 3.05) is 0 Å². The van der Waals surface area contributed by atoms with Crippen molar-refractivity contribution in [2.45, 2.75) is 108 Å². The number of carbonyl (C=O) groups excluding carboxylic acids is 8. The zero-order valence-electron chi connectivity index (χ0n) is 81.2. The molecule has 0 aliphatic carbocycles. The summed E-state index contributed by atoms with van der Waals surface area (Å²) in [6, 6.07) is 108. The van der Waals surface area contributed by atoms with E-state index in [-0.39, 0.29) is 46.3 Å². The van der Waals surface area contributed by atoms with Gasteiger partial charge in [-0.1, -0.05) is 287 Å². The molecule has 32 heteroatoms. The van der Waals surface area contributed by atoms with E-state index in [1.54, 1.807) is 0 Å². The summed E-state index contributed by atoms with van der Waals surface area (Å²) in [6.07, 6.45) is 30.3. The number of hydrogen-bond acceptors (Lipinski definition) is 16.